The van der Waals surface area contributed by atoms with Gasteiger partial charge in [-0.15, -0.1) is 11.3 Å². The lowest BCUT2D eigenvalue weighted by Gasteiger charge is -2.04. The highest BCUT2D eigenvalue weighted by molar-refractivity contribution is 7.09. The highest BCUT2D eigenvalue weighted by Gasteiger charge is 2.08. The van der Waals surface area contributed by atoms with Crippen molar-refractivity contribution in [2.75, 3.05) is 5.32 Å². The lowest BCUT2D eigenvalue weighted by atomic mass is 10.2. The summed E-state index contributed by atoms with van der Waals surface area (Å²) in [6.45, 7) is 1.90. The van der Waals surface area contributed by atoms with Crippen molar-refractivity contribution in [3.05, 3.63) is 64.7 Å². The van der Waals surface area contributed by atoms with Crippen LogP contribution in [-0.2, 0) is 11.2 Å². The van der Waals surface area contributed by atoms with Crippen molar-refractivity contribution in [2.45, 2.75) is 19.8 Å². The fourth-order valence-electron chi connectivity index (χ4n) is 2.23. The second kappa shape index (κ2) is 7.15. The van der Waals surface area contributed by atoms with Crippen LogP contribution < -0.4 is 5.32 Å². The molecule has 0 aliphatic rings. The molecule has 5 heteroatoms. The normalized spacial score (nSPS) is 10.5. The fraction of sp³-hybridized carbons (Fsp3) is 0.167. The number of nitrogens with zero attached hydrogens (tertiary/aromatic N) is 2. The number of rotatable bonds is 5. The number of hydrogen-bond acceptors (Lipinski definition) is 4. The summed E-state index contributed by atoms with van der Waals surface area (Å²) < 4.78 is 0. The molecule has 1 N–H and O–H groups in total. The van der Waals surface area contributed by atoms with Crippen LogP contribution >= 0.6 is 11.3 Å². The van der Waals surface area contributed by atoms with Gasteiger partial charge in [0.15, 0.2) is 0 Å². The molecule has 4 nitrogen and oxygen atoms in total. The number of benzene rings is 1. The van der Waals surface area contributed by atoms with E-state index in [9.17, 15) is 4.79 Å². The second-order valence-electron chi connectivity index (χ2n) is 5.23. The molecule has 3 rings (SSSR count). The third kappa shape index (κ3) is 4.23. The van der Waals surface area contributed by atoms with E-state index in [1.54, 1.807) is 23.6 Å². The standard InChI is InChI=1S/C18H17N3OS/c1-13-11-15(9-10-19-13)20-17(22)7-8-18-21-16(12-23-18)14-5-3-2-4-6-14/h2-6,9-12H,7-8H2,1H3,(H,19,20,22). The fourth-order valence-corrected chi connectivity index (χ4v) is 3.04. The van der Waals surface area contributed by atoms with Crippen molar-refractivity contribution in [3.8, 4) is 11.3 Å². The number of nitrogens with one attached hydrogen (secondary N) is 1. The first kappa shape index (κ1) is 15.4. The minimum Gasteiger partial charge on any atom is -0.326 e. The number of pyridine rings is 1. The first-order valence-electron chi connectivity index (χ1n) is 7.43. The molecule has 2 heterocycles. The van der Waals surface area contributed by atoms with Crippen molar-refractivity contribution in [1.82, 2.24) is 9.97 Å². The largest absolute Gasteiger partial charge is 0.326 e. The van der Waals surface area contributed by atoms with Gasteiger partial charge in [0.05, 0.1) is 10.7 Å². The molecule has 0 saturated heterocycles. The predicted octanol–water partition coefficient (Wildman–Crippen LogP) is 4.08. The first-order valence-corrected chi connectivity index (χ1v) is 8.31. The van der Waals surface area contributed by atoms with Gasteiger partial charge in [-0.2, -0.15) is 0 Å². The van der Waals surface area contributed by atoms with E-state index in [2.05, 4.69) is 15.3 Å². The lowest BCUT2D eigenvalue weighted by molar-refractivity contribution is -0.116. The Morgan fingerprint density at radius 1 is 1.22 bits per heavy atom. The summed E-state index contributed by atoms with van der Waals surface area (Å²) in [5, 5.41) is 5.90. The van der Waals surface area contributed by atoms with Gasteiger partial charge in [-0.05, 0) is 19.1 Å². The van der Waals surface area contributed by atoms with E-state index in [0.717, 1.165) is 27.6 Å². The van der Waals surface area contributed by atoms with Crippen LogP contribution in [0.4, 0.5) is 5.69 Å². The Balaban J connectivity index is 1.56. The molecule has 1 amide bonds. The van der Waals surface area contributed by atoms with Crippen LogP contribution in [0, 0.1) is 6.92 Å². The van der Waals surface area contributed by atoms with E-state index in [-0.39, 0.29) is 5.91 Å². The topological polar surface area (TPSA) is 54.9 Å². The molecule has 2 aromatic heterocycles. The Bertz CT molecular complexity index is 799. The summed E-state index contributed by atoms with van der Waals surface area (Å²) in [5.74, 6) is -0.00735. The Hall–Kier alpha value is -2.53. The zero-order valence-corrected chi connectivity index (χ0v) is 13.6. The summed E-state index contributed by atoms with van der Waals surface area (Å²) in [5.41, 5.74) is 3.74. The maximum absolute atomic E-state index is 12.0. The van der Waals surface area contributed by atoms with Crippen molar-refractivity contribution in [3.63, 3.8) is 0 Å². The molecule has 0 fully saturated rings. The van der Waals surface area contributed by atoms with Gasteiger partial charge in [0.25, 0.3) is 0 Å². The van der Waals surface area contributed by atoms with Gasteiger partial charge in [0.2, 0.25) is 5.91 Å². The molecule has 0 aliphatic carbocycles. The van der Waals surface area contributed by atoms with Gasteiger partial charge in [-0.25, -0.2) is 4.98 Å². The van der Waals surface area contributed by atoms with Gasteiger partial charge < -0.3 is 5.32 Å². The van der Waals surface area contributed by atoms with Crippen LogP contribution in [0.25, 0.3) is 11.3 Å². The highest BCUT2D eigenvalue weighted by atomic mass is 32.1. The van der Waals surface area contributed by atoms with Crippen LogP contribution in [0.15, 0.2) is 54.0 Å². The summed E-state index contributed by atoms with van der Waals surface area (Å²) in [6, 6.07) is 13.7. The predicted molar refractivity (Wildman–Crippen MR) is 93.5 cm³/mol. The summed E-state index contributed by atoms with van der Waals surface area (Å²) in [7, 11) is 0. The number of hydrogen-bond donors (Lipinski definition) is 1. The smallest absolute Gasteiger partial charge is 0.224 e. The third-order valence-corrected chi connectivity index (χ3v) is 4.28. The molecule has 0 aliphatic heterocycles. The van der Waals surface area contributed by atoms with Gasteiger partial charge in [0.1, 0.15) is 0 Å². The van der Waals surface area contributed by atoms with Crippen molar-refractivity contribution in [2.24, 2.45) is 0 Å². The van der Waals surface area contributed by atoms with E-state index in [4.69, 9.17) is 0 Å². The first-order chi connectivity index (χ1) is 11.2. The number of amides is 1. The van der Waals surface area contributed by atoms with E-state index < -0.39 is 0 Å². The van der Waals surface area contributed by atoms with Crippen molar-refractivity contribution >= 4 is 22.9 Å². The number of aromatic nitrogens is 2. The Kier molecular flexibility index (Phi) is 4.78. The summed E-state index contributed by atoms with van der Waals surface area (Å²) in [6.07, 6.45) is 2.76. The van der Waals surface area contributed by atoms with E-state index in [0.29, 0.717) is 12.8 Å². The average molecular weight is 323 g/mol. The zero-order valence-electron chi connectivity index (χ0n) is 12.8. The molecule has 0 saturated carbocycles. The van der Waals surface area contributed by atoms with Gasteiger partial charge >= 0.3 is 0 Å². The van der Waals surface area contributed by atoms with E-state index in [1.165, 1.54) is 0 Å². The highest BCUT2D eigenvalue weighted by Crippen LogP contribution is 2.22. The number of thiazole rings is 1. The van der Waals surface area contributed by atoms with Gasteiger partial charge in [-0.3, -0.25) is 9.78 Å². The van der Waals surface area contributed by atoms with Crippen molar-refractivity contribution < 1.29 is 4.79 Å². The van der Waals surface area contributed by atoms with Crippen LogP contribution in [-0.4, -0.2) is 15.9 Å². The van der Waals surface area contributed by atoms with Crippen LogP contribution in [0.1, 0.15) is 17.1 Å². The maximum Gasteiger partial charge on any atom is 0.224 e. The summed E-state index contributed by atoms with van der Waals surface area (Å²) in [4.78, 5) is 20.7. The number of aryl methyl sites for hydroxylation is 2. The zero-order chi connectivity index (χ0) is 16.1. The molecular formula is C18H17N3OS. The van der Waals surface area contributed by atoms with E-state index >= 15 is 0 Å². The maximum atomic E-state index is 12.0. The molecule has 116 valence electrons. The van der Waals surface area contributed by atoms with Crippen LogP contribution in [0.2, 0.25) is 0 Å². The lowest BCUT2D eigenvalue weighted by Crippen LogP contribution is -2.12. The van der Waals surface area contributed by atoms with E-state index in [1.807, 2.05) is 48.7 Å². The van der Waals surface area contributed by atoms with Gasteiger partial charge in [-0.1, -0.05) is 30.3 Å². The molecular weight excluding hydrogens is 306 g/mol. The monoisotopic (exact) mass is 323 g/mol. The Morgan fingerprint density at radius 3 is 2.83 bits per heavy atom. The average Bonchev–Trinajstić information content (AvgIpc) is 3.03. The molecule has 23 heavy (non-hydrogen) atoms. The minimum absolute atomic E-state index is 0.00735. The number of carbonyl (C=O) groups excluding carboxylic acids is 1. The molecule has 0 atom stereocenters. The second-order valence-corrected chi connectivity index (χ2v) is 6.17. The number of anilines is 1. The van der Waals surface area contributed by atoms with Crippen LogP contribution in [0.3, 0.4) is 0 Å². The van der Waals surface area contributed by atoms with Crippen molar-refractivity contribution in [1.29, 1.82) is 0 Å². The molecule has 0 bridgehead atoms. The SMILES string of the molecule is Cc1cc(NC(=O)CCc2nc(-c3ccccc3)cs2)ccn1. The quantitative estimate of drug-likeness (QED) is 0.769. The summed E-state index contributed by atoms with van der Waals surface area (Å²) >= 11 is 1.59. The molecule has 0 unspecified atom stereocenters. The van der Waals surface area contributed by atoms with Gasteiger partial charge in [0, 0.05) is 41.4 Å². The third-order valence-electron chi connectivity index (χ3n) is 3.37. The number of carbonyl (C=O) groups is 1. The molecule has 1 aromatic carbocycles. The molecule has 3 aromatic rings. The Labute approximate surface area is 139 Å². The Morgan fingerprint density at radius 2 is 2.04 bits per heavy atom. The minimum atomic E-state index is -0.00735. The molecule has 0 radical (unpaired) electrons. The van der Waals surface area contributed by atoms with Crippen LogP contribution in [0.5, 0.6) is 0 Å². The molecule has 0 spiro atoms.